The summed E-state index contributed by atoms with van der Waals surface area (Å²) < 4.78 is 11.4. The van der Waals surface area contributed by atoms with Gasteiger partial charge in [0, 0.05) is 19.8 Å². The summed E-state index contributed by atoms with van der Waals surface area (Å²) in [6.07, 6.45) is 3.58. The van der Waals surface area contributed by atoms with Crippen LogP contribution in [0.15, 0.2) is 6.20 Å². The fraction of sp³-hybridized carbons (Fsp3) is 0.667. The van der Waals surface area contributed by atoms with Crippen LogP contribution in [0.1, 0.15) is 44.9 Å². The highest BCUT2D eigenvalue weighted by Crippen LogP contribution is 2.13. The molecule has 0 atom stereocenters. The lowest BCUT2D eigenvalue weighted by atomic mass is 10.2. The first-order valence-corrected chi connectivity index (χ1v) is 7.93. The molecule has 0 aliphatic rings. The molecule has 0 radical (unpaired) electrons. The van der Waals surface area contributed by atoms with Crippen molar-refractivity contribution in [2.45, 2.75) is 52.5 Å². The number of hydrogen-bond donors (Lipinski definition) is 0. The van der Waals surface area contributed by atoms with Gasteiger partial charge in [0.05, 0.1) is 6.61 Å². The van der Waals surface area contributed by atoms with Gasteiger partial charge in [0.1, 0.15) is 19.3 Å². The van der Waals surface area contributed by atoms with Gasteiger partial charge in [-0.3, -0.25) is 9.59 Å². The minimum atomic E-state index is -0.536. The van der Waals surface area contributed by atoms with Gasteiger partial charge in [-0.2, -0.15) is 0 Å². The van der Waals surface area contributed by atoms with Crippen LogP contribution in [0, 0.1) is 17.0 Å². The molecule has 9 heteroatoms. The molecule has 0 N–H and O–H groups in total. The van der Waals surface area contributed by atoms with Crippen LogP contribution in [0.3, 0.4) is 0 Å². The summed E-state index contributed by atoms with van der Waals surface area (Å²) in [5.41, 5.74) is 0. The fourth-order valence-electron chi connectivity index (χ4n) is 1.98. The third kappa shape index (κ3) is 6.76. The van der Waals surface area contributed by atoms with E-state index < -0.39 is 10.9 Å². The van der Waals surface area contributed by atoms with Crippen molar-refractivity contribution in [3.63, 3.8) is 0 Å². The number of ether oxygens (including phenoxy) is 2. The Morgan fingerprint density at radius 1 is 1.21 bits per heavy atom. The molecule has 0 aromatic carbocycles. The highest BCUT2D eigenvalue weighted by molar-refractivity contribution is 5.72. The Kier molecular flexibility index (Phi) is 8.45. The normalized spacial score (nSPS) is 10.4. The highest BCUT2D eigenvalue weighted by Gasteiger charge is 2.17. The predicted molar refractivity (Wildman–Crippen MR) is 84.3 cm³/mol. The Morgan fingerprint density at radius 3 is 2.42 bits per heavy atom. The molecule has 0 bridgehead atoms. The molecule has 0 aliphatic carbocycles. The Labute approximate surface area is 140 Å². The van der Waals surface area contributed by atoms with Crippen molar-refractivity contribution in [2.75, 3.05) is 13.2 Å². The van der Waals surface area contributed by atoms with E-state index >= 15 is 0 Å². The van der Waals surface area contributed by atoms with Gasteiger partial charge in [-0.1, -0.05) is 13.3 Å². The number of rotatable bonds is 11. The third-order valence-corrected chi connectivity index (χ3v) is 3.32. The number of carbonyl (C=O) groups excluding carboxylic acids is 2. The molecule has 24 heavy (non-hydrogen) atoms. The number of aromatic nitrogens is 2. The maximum absolute atomic E-state index is 11.6. The van der Waals surface area contributed by atoms with Gasteiger partial charge in [0.15, 0.2) is 5.82 Å². The summed E-state index contributed by atoms with van der Waals surface area (Å²) in [4.78, 5) is 37.1. The molecule has 0 unspecified atom stereocenters. The zero-order valence-corrected chi connectivity index (χ0v) is 14.0. The Hall–Kier alpha value is -2.45. The van der Waals surface area contributed by atoms with Crippen LogP contribution < -0.4 is 0 Å². The van der Waals surface area contributed by atoms with Crippen LogP contribution in [0.25, 0.3) is 0 Å². The Morgan fingerprint density at radius 2 is 1.83 bits per heavy atom. The first kappa shape index (κ1) is 19.6. The molecule has 134 valence electrons. The first-order chi connectivity index (χ1) is 11.5. The van der Waals surface area contributed by atoms with Gasteiger partial charge in [-0.25, -0.2) is 9.55 Å². The van der Waals surface area contributed by atoms with Crippen LogP contribution in [-0.4, -0.2) is 39.6 Å². The molecule has 1 aromatic heterocycles. The average Bonchev–Trinajstić information content (AvgIpc) is 2.89. The summed E-state index contributed by atoms with van der Waals surface area (Å²) in [5.74, 6) is -0.427. The second-order valence-electron chi connectivity index (χ2n) is 5.22. The fourth-order valence-corrected chi connectivity index (χ4v) is 1.98. The molecule has 1 rings (SSSR count). The number of imidazole rings is 1. The molecule has 1 heterocycles. The summed E-state index contributed by atoms with van der Waals surface area (Å²) in [6.45, 7) is 4.22. The molecule has 0 aliphatic heterocycles. The molecular formula is C15H23N3O6. The summed E-state index contributed by atoms with van der Waals surface area (Å²) in [5, 5.41) is 10.8. The van der Waals surface area contributed by atoms with E-state index in [-0.39, 0.29) is 37.8 Å². The van der Waals surface area contributed by atoms with Crippen molar-refractivity contribution in [2.24, 2.45) is 0 Å². The maximum Gasteiger partial charge on any atom is 0.342 e. The van der Waals surface area contributed by atoms with Crippen molar-refractivity contribution >= 4 is 17.8 Å². The number of hydrogen-bond acceptors (Lipinski definition) is 7. The van der Waals surface area contributed by atoms with Crippen molar-refractivity contribution < 1.29 is 24.0 Å². The zero-order valence-electron chi connectivity index (χ0n) is 14.0. The van der Waals surface area contributed by atoms with Gasteiger partial charge in [-0.05, 0) is 17.8 Å². The summed E-state index contributed by atoms with van der Waals surface area (Å²) in [7, 11) is 0. The van der Waals surface area contributed by atoms with Crippen molar-refractivity contribution in [1.82, 2.24) is 9.55 Å². The Bertz CT molecular complexity index is 570. The SMILES string of the molecule is CCCCOC(=O)CCCC(=O)OCCn1c([N+](=O)[O-])cnc1C. The van der Waals surface area contributed by atoms with E-state index in [1.807, 2.05) is 6.92 Å². The molecule has 0 saturated heterocycles. The second-order valence-corrected chi connectivity index (χ2v) is 5.22. The molecule has 9 nitrogen and oxygen atoms in total. The van der Waals surface area contributed by atoms with E-state index in [9.17, 15) is 19.7 Å². The minimum absolute atomic E-state index is 0.0117. The van der Waals surface area contributed by atoms with Crippen molar-refractivity contribution in [1.29, 1.82) is 0 Å². The molecule has 1 aromatic rings. The van der Waals surface area contributed by atoms with Gasteiger partial charge in [0.2, 0.25) is 0 Å². The van der Waals surface area contributed by atoms with Crippen LogP contribution in [-0.2, 0) is 25.6 Å². The lowest BCUT2D eigenvalue weighted by Gasteiger charge is -2.06. The van der Waals surface area contributed by atoms with Gasteiger partial charge in [-0.15, -0.1) is 0 Å². The number of nitrogens with zero attached hydrogens (tertiary/aromatic N) is 3. The maximum atomic E-state index is 11.6. The monoisotopic (exact) mass is 341 g/mol. The van der Waals surface area contributed by atoms with Crippen LogP contribution >= 0.6 is 0 Å². The smallest absolute Gasteiger partial charge is 0.342 e. The number of unbranched alkanes of at least 4 members (excludes halogenated alkanes) is 1. The summed E-state index contributed by atoms with van der Waals surface area (Å²) in [6, 6.07) is 0. The number of esters is 2. The van der Waals surface area contributed by atoms with Crippen molar-refractivity contribution in [3.05, 3.63) is 22.1 Å². The van der Waals surface area contributed by atoms with Crippen LogP contribution in [0.5, 0.6) is 0 Å². The standard InChI is InChI=1S/C15H23N3O6/c1-3-4-9-23-14(19)6-5-7-15(20)24-10-8-17-12(2)16-11-13(17)18(21)22/h11H,3-10H2,1-2H3. The average molecular weight is 341 g/mol. The number of carbonyl (C=O) groups is 2. The third-order valence-electron chi connectivity index (χ3n) is 3.32. The van der Waals surface area contributed by atoms with E-state index in [0.717, 1.165) is 12.8 Å². The van der Waals surface area contributed by atoms with E-state index in [1.165, 1.54) is 10.8 Å². The lowest BCUT2D eigenvalue weighted by molar-refractivity contribution is -0.392. The summed E-state index contributed by atoms with van der Waals surface area (Å²) >= 11 is 0. The minimum Gasteiger partial charge on any atom is -0.466 e. The van der Waals surface area contributed by atoms with Crippen LogP contribution in [0.4, 0.5) is 5.82 Å². The molecule has 0 spiro atoms. The van der Waals surface area contributed by atoms with Crippen molar-refractivity contribution in [3.8, 4) is 0 Å². The highest BCUT2D eigenvalue weighted by atomic mass is 16.6. The molecule has 0 amide bonds. The zero-order chi connectivity index (χ0) is 17.9. The Balaban J connectivity index is 2.22. The van der Waals surface area contributed by atoms with E-state index in [1.54, 1.807) is 6.92 Å². The largest absolute Gasteiger partial charge is 0.466 e. The molecular weight excluding hydrogens is 318 g/mol. The predicted octanol–water partition coefficient (Wildman–Crippen LogP) is 2.16. The quantitative estimate of drug-likeness (QED) is 0.262. The van der Waals surface area contributed by atoms with Gasteiger partial charge in [0.25, 0.3) is 0 Å². The van der Waals surface area contributed by atoms with Gasteiger partial charge >= 0.3 is 17.8 Å². The number of aryl methyl sites for hydroxylation is 1. The van der Waals surface area contributed by atoms with Gasteiger partial charge < -0.3 is 19.6 Å². The topological polar surface area (TPSA) is 114 Å². The number of nitro groups is 1. The van der Waals surface area contributed by atoms with E-state index in [2.05, 4.69) is 4.98 Å². The van der Waals surface area contributed by atoms with E-state index in [4.69, 9.17) is 9.47 Å². The lowest BCUT2D eigenvalue weighted by Crippen LogP contribution is -2.14. The molecule has 0 saturated carbocycles. The molecule has 0 fully saturated rings. The first-order valence-electron chi connectivity index (χ1n) is 7.93. The van der Waals surface area contributed by atoms with E-state index in [0.29, 0.717) is 18.9 Å². The van der Waals surface area contributed by atoms with Crippen LogP contribution in [0.2, 0.25) is 0 Å². The second kappa shape index (κ2) is 10.3.